The standard InChI is InChI=1S/C43H47N5O3S/c1-34-22-28-41(29-23-34)52(49,50)46-43(38-19-9-4-10-20-38)42(37-17-7-3-8-18-37)44-30-13-16-35-24-26-40(27-25-35)51-31-12-11-21-39-32-45-47-48(39)33-36-14-5-2-6-15-36/h2-10,14-15,17-20,22-29,32,42-44,46H,11-13,16,21,30-31,33H2,1H3/t42-,43-/m1/s1. The molecule has 0 radical (unpaired) electrons. The van der Waals surface area contributed by atoms with Gasteiger partial charge in [0.05, 0.1) is 42.0 Å². The SMILES string of the molecule is Cc1ccc(S(=O)(=O)N[C@H](c2ccccc2)[C@H](NCCCc2ccc(OCCCCc3cnnn3Cc3ccccc3)cc2)c2ccccc2)cc1. The number of hydrogen-bond acceptors (Lipinski definition) is 6. The van der Waals surface area contributed by atoms with E-state index in [-0.39, 0.29) is 10.9 Å². The van der Waals surface area contributed by atoms with Crippen molar-refractivity contribution in [1.29, 1.82) is 0 Å². The second-order valence-corrected chi connectivity index (χ2v) is 14.8. The number of benzene rings is 5. The maximum atomic E-state index is 13.7. The normalized spacial score (nSPS) is 12.7. The molecule has 8 nitrogen and oxygen atoms in total. The smallest absolute Gasteiger partial charge is 0.241 e. The van der Waals surface area contributed by atoms with Crippen LogP contribution in [-0.4, -0.2) is 36.6 Å². The highest BCUT2D eigenvalue weighted by Gasteiger charge is 2.29. The van der Waals surface area contributed by atoms with Crippen molar-refractivity contribution < 1.29 is 13.2 Å². The Hall–Kier alpha value is -5.09. The van der Waals surface area contributed by atoms with Crippen LogP contribution in [0.25, 0.3) is 0 Å². The first kappa shape index (κ1) is 36.7. The summed E-state index contributed by atoms with van der Waals surface area (Å²) in [5.74, 6) is 0.869. The first-order chi connectivity index (χ1) is 25.4. The van der Waals surface area contributed by atoms with Crippen LogP contribution in [0, 0.1) is 6.92 Å². The first-order valence-electron chi connectivity index (χ1n) is 18.0. The van der Waals surface area contributed by atoms with Gasteiger partial charge in [-0.3, -0.25) is 0 Å². The fourth-order valence-corrected chi connectivity index (χ4v) is 7.53. The molecular weight excluding hydrogens is 667 g/mol. The molecule has 268 valence electrons. The van der Waals surface area contributed by atoms with Crippen molar-refractivity contribution in [3.05, 3.63) is 179 Å². The number of unbranched alkanes of at least 4 members (excludes halogenated alkanes) is 1. The molecule has 6 rings (SSSR count). The highest BCUT2D eigenvalue weighted by molar-refractivity contribution is 7.89. The third-order valence-electron chi connectivity index (χ3n) is 9.16. The van der Waals surface area contributed by atoms with E-state index in [1.165, 1.54) is 11.1 Å². The first-order valence-corrected chi connectivity index (χ1v) is 19.5. The minimum Gasteiger partial charge on any atom is -0.494 e. The van der Waals surface area contributed by atoms with E-state index in [0.29, 0.717) is 13.2 Å². The number of aryl methyl sites for hydroxylation is 3. The number of rotatable bonds is 19. The van der Waals surface area contributed by atoms with Gasteiger partial charge in [0.15, 0.2) is 0 Å². The predicted molar refractivity (Wildman–Crippen MR) is 207 cm³/mol. The molecule has 0 saturated heterocycles. The van der Waals surface area contributed by atoms with Crippen LogP contribution >= 0.6 is 0 Å². The topological polar surface area (TPSA) is 98.1 Å². The van der Waals surface area contributed by atoms with Gasteiger partial charge in [-0.15, -0.1) is 5.10 Å². The van der Waals surface area contributed by atoms with Crippen LogP contribution in [0.5, 0.6) is 5.75 Å². The summed E-state index contributed by atoms with van der Waals surface area (Å²) in [6.07, 6.45) is 6.46. The van der Waals surface area contributed by atoms with Gasteiger partial charge >= 0.3 is 0 Å². The zero-order valence-electron chi connectivity index (χ0n) is 29.6. The van der Waals surface area contributed by atoms with Gasteiger partial charge < -0.3 is 10.1 Å². The molecule has 0 aliphatic rings. The molecule has 0 unspecified atom stereocenters. The average molecular weight is 714 g/mol. The van der Waals surface area contributed by atoms with Crippen molar-refractivity contribution in [3.63, 3.8) is 0 Å². The molecule has 52 heavy (non-hydrogen) atoms. The minimum atomic E-state index is -3.80. The number of nitrogens with zero attached hydrogens (tertiary/aromatic N) is 3. The summed E-state index contributed by atoms with van der Waals surface area (Å²) in [6.45, 7) is 4.03. The van der Waals surface area contributed by atoms with Gasteiger partial charge in [0.25, 0.3) is 0 Å². The van der Waals surface area contributed by atoms with E-state index in [4.69, 9.17) is 4.74 Å². The largest absolute Gasteiger partial charge is 0.494 e. The molecular formula is C43H47N5O3S. The van der Waals surface area contributed by atoms with Crippen molar-refractivity contribution in [2.24, 2.45) is 0 Å². The monoisotopic (exact) mass is 713 g/mol. The number of ether oxygens (including phenoxy) is 1. The quantitative estimate of drug-likeness (QED) is 0.0826. The summed E-state index contributed by atoms with van der Waals surface area (Å²) in [6, 6.07) is 44.6. The van der Waals surface area contributed by atoms with Crippen molar-refractivity contribution in [1.82, 2.24) is 25.0 Å². The molecule has 5 aromatic carbocycles. The van der Waals surface area contributed by atoms with Gasteiger partial charge in [0.1, 0.15) is 5.75 Å². The molecule has 2 atom stereocenters. The van der Waals surface area contributed by atoms with Crippen molar-refractivity contribution >= 4 is 10.0 Å². The fourth-order valence-electron chi connectivity index (χ4n) is 6.29. The molecule has 0 bridgehead atoms. The Morgan fingerprint density at radius 2 is 1.31 bits per heavy atom. The summed E-state index contributed by atoms with van der Waals surface area (Å²) in [4.78, 5) is 0.249. The van der Waals surface area contributed by atoms with Gasteiger partial charge in [0.2, 0.25) is 10.0 Å². The minimum absolute atomic E-state index is 0.249. The second kappa shape index (κ2) is 18.4. The van der Waals surface area contributed by atoms with E-state index in [2.05, 4.69) is 44.6 Å². The molecule has 9 heteroatoms. The molecule has 0 aliphatic carbocycles. The van der Waals surface area contributed by atoms with Crippen LogP contribution in [0.4, 0.5) is 0 Å². The zero-order chi connectivity index (χ0) is 36.0. The van der Waals surface area contributed by atoms with E-state index in [0.717, 1.165) is 66.8 Å². The lowest BCUT2D eigenvalue weighted by Crippen LogP contribution is -2.39. The second-order valence-electron chi connectivity index (χ2n) is 13.1. The van der Waals surface area contributed by atoms with Gasteiger partial charge in [-0.1, -0.05) is 126 Å². The highest BCUT2D eigenvalue weighted by Crippen LogP contribution is 2.31. The molecule has 0 aliphatic heterocycles. The summed E-state index contributed by atoms with van der Waals surface area (Å²) < 4.78 is 38.4. The molecule has 0 saturated carbocycles. The van der Waals surface area contributed by atoms with E-state index in [1.807, 2.05) is 121 Å². The van der Waals surface area contributed by atoms with Crippen LogP contribution in [0.1, 0.15) is 64.9 Å². The predicted octanol–water partition coefficient (Wildman–Crippen LogP) is 8.02. The molecule has 6 aromatic rings. The maximum absolute atomic E-state index is 13.7. The Bertz CT molecular complexity index is 2040. The zero-order valence-corrected chi connectivity index (χ0v) is 30.5. The van der Waals surface area contributed by atoms with E-state index in [9.17, 15) is 8.42 Å². The van der Waals surface area contributed by atoms with Gasteiger partial charge in [-0.25, -0.2) is 17.8 Å². The van der Waals surface area contributed by atoms with E-state index < -0.39 is 16.1 Å². The average Bonchev–Trinajstić information content (AvgIpc) is 3.62. The number of sulfonamides is 1. The summed E-state index contributed by atoms with van der Waals surface area (Å²) in [5.41, 5.74) is 6.49. The Morgan fingerprint density at radius 1 is 0.673 bits per heavy atom. The molecule has 0 amide bonds. The molecule has 1 heterocycles. The summed E-state index contributed by atoms with van der Waals surface area (Å²) in [7, 11) is -3.80. The lowest BCUT2D eigenvalue weighted by molar-refractivity contribution is 0.306. The highest BCUT2D eigenvalue weighted by atomic mass is 32.2. The van der Waals surface area contributed by atoms with Gasteiger partial charge in [-0.05, 0) is 92.1 Å². The lowest BCUT2D eigenvalue weighted by atomic mass is 9.94. The molecule has 2 N–H and O–H groups in total. The van der Waals surface area contributed by atoms with Crippen molar-refractivity contribution in [2.45, 2.75) is 62.6 Å². The Kier molecular flexibility index (Phi) is 13.0. The van der Waals surface area contributed by atoms with E-state index in [1.54, 1.807) is 12.1 Å². The van der Waals surface area contributed by atoms with E-state index >= 15 is 0 Å². The molecule has 0 fully saturated rings. The third-order valence-corrected chi connectivity index (χ3v) is 10.6. The van der Waals surface area contributed by atoms with Crippen molar-refractivity contribution in [3.8, 4) is 5.75 Å². The third kappa shape index (κ3) is 10.5. The summed E-state index contributed by atoms with van der Waals surface area (Å²) in [5, 5.41) is 12.1. The number of aromatic nitrogens is 3. The molecule has 1 aromatic heterocycles. The van der Waals surface area contributed by atoms with Crippen LogP contribution in [0.15, 0.2) is 151 Å². The van der Waals surface area contributed by atoms with Crippen LogP contribution < -0.4 is 14.8 Å². The Labute approximate surface area is 308 Å². The number of nitrogens with one attached hydrogen (secondary N) is 2. The lowest BCUT2D eigenvalue weighted by Gasteiger charge is -2.30. The summed E-state index contributed by atoms with van der Waals surface area (Å²) >= 11 is 0. The maximum Gasteiger partial charge on any atom is 0.241 e. The van der Waals surface area contributed by atoms with Crippen molar-refractivity contribution in [2.75, 3.05) is 13.2 Å². The van der Waals surface area contributed by atoms with Crippen LogP contribution in [0.2, 0.25) is 0 Å². The van der Waals surface area contributed by atoms with Gasteiger partial charge in [-0.2, -0.15) is 0 Å². The van der Waals surface area contributed by atoms with Gasteiger partial charge in [0, 0.05) is 0 Å². The van der Waals surface area contributed by atoms with Crippen LogP contribution in [-0.2, 0) is 29.4 Å². The Morgan fingerprint density at radius 3 is 1.98 bits per heavy atom. The van der Waals surface area contributed by atoms with Crippen LogP contribution in [0.3, 0.4) is 0 Å². The fraction of sp³-hybridized carbons (Fsp3) is 0.256. The number of hydrogen-bond donors (Lipinski definition) is 2. The molecule has 0 spiro atoms. The Balaban J connectivity index is 1.00.